The molecule has 1 aliphatic rings. The van der Waals surface area contributed by atoms with E-state index in [-0.39, 0.29) is 0 Å². The summed E-state index contributed by atoms with van der Waals surface area (Å²) in [6, 6.07) is 9.01. The zero-order chi connectivity index (χ0) is 16.3. The molecule has 0 bridgehead atoms. The lowest BCUT2D eigenvalue weighted by Crippen LogP contribution is -2.44. The van der Waals surface area contributed by atoms with E-state index in [1.54, 1.807) is 45.1 Å². The van der Waals surface area contributed by atoms with Crippen molar-refractivity contribution in [3.05, 3.63) is 42.5 Å². The lowest BCUT2D eigenvalue weighted by atomic mass is 9.91. The van der Waals surface area contributed by atoms with Gasteiger partial charge in [-0.25, -0.2) is 0 Å². The van der Waals surface area contributed by atoms with Crippen LogP contribution < -0.4 is 0 Å². The second-order valence-electron chi connectivity index (χ2n) is 6.36. The monoisotopic (exact) mass is 322 g/mol. The van der Waals surface area contributed by atoms with Crippen LogP contribution in [0.2, 0.25) is 0 Å². The standard InChI is InChI=1S/C17H22O4S/c1-17(2,3)21-16(19)15-13(18)10-7-11-14(15)22(20)12-8-5-4-6-9-12/h4-10,13-15,18H,11H2,1-3H3/t13-,14-,15?,22?/m1/s1. The lowest BCUT2D eigenvalue weighted by molar-refractivity contribution is -0.163. The van der Waals surface area contributed by atoms with Gasteiger partial charge in [0.2, 0.25) is 0 Å². The minimum Gasteiger partial charge on any atom is -0.460 e. The SMILES string of the molecule is CC(C)(C)OC(=O)C1[C@H](O)C=CC[C@H]1S(=O)c1ccccc1. The zero-order valence-electron chi connectivity index (χ0n) is 13.1. The highest BCUT2D eigenvalue weighted by Gasteiger charge is 2.41. The third-order valence-electron chi connectivity index (χ3n) is 3.40. The van der Waals surface area contributed by atoms with Gasteiger partial charge in [0.15, 0.2) is 0 Å². The molecule has 22 heavy (non-hydrogen) atoms. The van der Waals surface area contributed by atoms with Crippen LogP contribution in [0.1, 0.15) is 27.2 Å². The average molecular weight is 322 g/mol. The quantitative estimate of drug-likeness (QED) is 0.686. The van der Waals surface area contributed by atoms with Crippen molar-refractivity contribution in [2.24, 2.45) is 5.92 Å². The Balaban J connectivity index is 2.26. The molecule has 4 atom stereocenters. The molecule has 0 spiro atoms. The maximum Gasteiger partial charge on any atom is 0.313 e. The van der Waals surface area contributed by atoms with Crippen molar-refractivity contribution in [3.63, 3.8) is 0 Å². The first-order chi connectivity index (χ1) is 10.3. The summed E-state index contributed by atoms with van der Waals surface area (Å²) in [7, 11) is -1.38. The Morgan fingerprint density at radius 3 is 2.50 bits per heavy atom. The number of carbonyl (C=O) groups excluding carboxylic acids is 1. The van der Waals surface area contributed by atoms with Crippen LogP contribution in [-0.2, 0) is 20.3 Å². The van der Waals surface area contributed by atoms with Crippen molar-refractivity contribution in [1.29, 1.82) is 0 Å². The van der Waals surface area contributed by atoms with Gasteiger partial charge in [-0.15, -0.1) is 0 Å². The number of ether oxygens (including phenoxy) is 1. The van der Waals surface area contributed by atoms with Crippen LogP contribution in [0, 0.1) is 5.92 Å². The molecule has 4 nitrogen and oxygen atoms in total. The Bertz CT molecular complexity index is 574. The molecule has 1 N–H and O–H groups in total. The Hall–Kier alpha value is -1.46. The summed E-state index contributed by atoms with van der Waals surface area (Å²) in [6.07, 6.45) is 2.86. The molecule has 0 saturated heterocycles. The molecular weight excluding hydrogens is 300 g/mol. The van der Waals surface area contributed by atoms with Crippen LogP contribution in [0.5, 0.6) is 0 Å². The molecule has 0 heterocycles. The fourth-order valence-electron chi connectivity index (χ4n) is 2.45. The molecule has 1 aromatic rings. The summed E-state index contributed by atoms with van der Waals surface area (Å²) in [5.41, 5.74) is -0.642. The van der Waals surface area contributed by atoms with Crippen molar-refractivity contribution in [3.8, 4) is 0 Å². The smallest absolute Gasteiger partial charge is 0.313 e. The number of hydrogen-bond acceptors (Lipinski definition) is 4. The number of allylic oxidation sites excluding steroid dienone is 1. The van der Waals surface area contributed by atoms with Crippen molar-refractivity contribution >= 4 is 16.8 Å². The van der Waals surface area contributed by atoms with Gasteiger partial charge in [0, 0.05) is 4.90 Å². The first-order valence-electron chi connectivity index (χ1n) is 7.33. The first-order valence-corrected chi connectivity index (χ1v) is 8.54. The Morgan fingerprint density at radius 1 is 1.27 bits per heavy atom. The molecule has 0 aromatic heterocycles. The van der Waals surface area contributed by atoms with E-state index >= 15 is 0 Å². The van der Waals surface area contributed by atoms with Gasteiger partial charge < -0.3 is 9.84 Å². The van der Waals surface area contributed by atoms with Crippen molar-refractivity contribution in [2.45, 2.75) is 49.0 Å². The topological polar surface area (TPSA) is 63.6 Å². The van der Waals surface area contributed by atoms with E-state index in [1.165, 1.54) is 0 Å². The number of aliphatic hydroxyl groups excluding tert-OH is 1. The second kappa shape index (κ2) is 6.75. The van der Waals surface area contributed by atoms with Crippen molar-refractivity contribution < 1.29 is 18.8 Å². The van der Waals surface area contributed by atoms with E-state index in [9.17, 15) is 14.1 Å². The fourth-order valence-corrected chi connectivity index (χ4v) is 4.05. The number of esters is 1. The highest BCUT2D eigenvalue weighted by molar-refractivity contribution is 7.85. The summed E-state index contributed by atoms with van der Waals surface area (Å²) in [4.78, 5) is 13.1. The molecule has 2 unspecified atom stereocenters. The molecule has 0 saturated carbocycles. The van der Waals surface area contributed by atoms with Crippen LogP contribution in [0.25, 0.3) is 0 Å². The highest BCUT2D eigenvalue weighted by Crippen LogP contribution is 2.30. The predicted octanol–water partition coefficient (Wildman–Crippen LogP) is 2.44. The van der Waals surface area contributed by atoms with Gasteiger partial charge >= 0.3 is 5.97 Å². The number of benzene rings is 1. The van der Waals surface area contributed by atoms with Crippen LogP contribution in [0.15, 0.2) is 47.4 Å². The van der Waals surface area contributed by atoms with Gasteiger partial charge in [0.25, 0.3) is 0 Å². The van der Waals surface area contributed by atoms with Gasteiger partial charge in [-0.3, -0.25) is 9.00 Å². The Kier molecular flexibility index (Phi) is 5.19. The van der Waals surface area contributed by atoms with Crippen LogP contribution in [0.4, 0.5) is 0 Å². The van der Waals surface area contributed by atoms with Crippen LogP contribution in [0.3, 0.4) is 0 Å². The Labute approximate surface area is 133 Å². The lowest BCUT2D eigenvalue weighted by Gasteiger charge is -2.32. The first kappa shape index (κ1) is 16.9. The van der Waals surface area contributed by atoms with E-state index in [0.717, 1.165) is 0 Å². The largest absolute Gasteiger partial charge is 0.460 e. The van der Waals surface area contributed by atoms with E-state index in [0.29, 0.717) is 11.3 Å². The molecule has 2 rings (SSSR count). The molecular formula is C17H22O4S. The van der Waals surface area contributed by atoms with Crippen molar-refractivity contribution in [1.82, 2.24) is 0 Å². The third kappa shape index (κ3) is 4.05. The molecule has 0 aliphatic heterocycles. The predicted molar refractivity (Wildman–Crippen MR) is 85.7 cm³/mol. The van der Waals surface area contributed by atoms with E-state index in [4.69, 9.17) is 4.74 Å². The second-order valence-corrected chi connectivity index (χ2v) is 8.03. The van der Waals surface area contributed by atoms with Crippen LogP contribution >= 0.6 is 0 Å². The van der Waals surface area contributed by atoms with Gasteiger partial charge in [-0.05, 0) is 39.3 Å². The van der Waals surface area contributed by atoms with Gasteiger partial charge in [-0.2, -0.15) is 0 Å². The van der Waals surface area contributed by atoms with Gasteiger partial charge in [0.1, 0.15) is 11.5 Å². The average Bonchev–Trinajstić information content (AvgIpc) is 2.45. The fraction of sp³-hybridized carbons (Fsp3) is 0.471. The number of rotatable bonds is 3. The zero-order valence-corrected chi connectivity index (χ0v) is 13.9. The number of carbonyl (C=O) groups is 1. The molecule has 0 radical (unpaired) electrons. The number of aliphatic hydroxyl groups is 1. The molecule has 1 aliphatic carbocycles. The van der Waals surface area contributed by atoms with Gasteiger partial charge in [-0.1, -0.05) is 30.4 Å². The summed E-state index contributed by atoms with van der Waals surface area (Å²) >= 11 is 0. The van der Waals surface area contributed by atoms with Gasteiger partial charge in [0.05, 0.1) is 22.2 Å². The van der Waals surface area contributed by atoms with Crippen molar-refractivity contribution in [2.75, 3.05) is 0 Å². The van der Waals surface area contributed by atoms with E-state index in [2.05, 4.69) is 0 Å². The summed E-state index contributed by atoms with van der Waals surface area (Å²) in [6.45, 7) is 5.33. The molecule has 0 fully saturated rings. The number of hydrogen-bond donors (Lipinski definition) is 1. The summed E-state index contributed by atoms with van der Waals surface area (Å²) in [5.74, 6) is -1.32. The normalized spacial score (nSPS) is 26.5. The molecule has 0 amide bonds. The maximum absolute atomic E-state index is 12.8. The summed E-state index contributed by atoms with van der Waals surface area (Å²) < 4.78 is 18.2. The highest BCUT2D eigenvalue weighted by atomic mass is 32.2. The minimum absolute atomic E-state index is 0.475. The molecule has 1 aromatic carbocycles. The van der Waals surface area contributed by atoms with Crippen LogP contribution in [-0.4, -0.2) is 32.2 Å². The minimum atomic E-state index is -1.38. The molecule has 5 heteroatoms. The summed E-state index contributed by atoms with van der Waals surface area (Å²) in [5, 5.41) is 9.69. The van der Waals surface area contributed by atoms with E-state index in [1.807, 2.05) is 18.2 Å². The molecule has 120 valence electrons. The maximum atomic E-state index is 12.8. The van der Waals surface area contributed by atoms with E-state index < -0.39 is 39.6 Å². The third-order valence-corrected chi connectivity index (χ3v) is 5.17. The Morgan fingerprint density at radius 2 is 1.91 bits per heavy atom.